The molecule has 2 aromatic rings. The first-order valence-corrected chi connectivity index (χ1v) is 10.4. The molecule has 1 unspecified atom stereocenters. The molecule has 2 atom stereocenters. The van der Waals surface area contributed by atoms with Crippen molar-refractivity contribution < 1.29 is 4.79 Å². The fourth-order valence-electron chi connectivity index (χ4n) is 3.13. The van der Waals surface area contributed by atoms with Crippen molar-refractivity contribution >= 4 is 52.4 Å². The molecule has 0 aliphatic carbocycles. The predicted octanol–water partition coefficient (Wildman–Crippen LogP) is 4.16. The van der Waals surface area contributed by atoms with Crippen molar-refractivity contribution in [2.45, 2.75) is 16.3 Å². The Labute approximate surface area is 155 Å². The first-order valence-electron chi connectivity index (χ1n) is 7.67. The number of carbonyl (C=O) groups is 1. The van der Waals surface area contributed by atoms with Gasteiger partial charge in [-0.15, -0.1) is 23.5 Å². The van der Waals surface area contributed by atoms with Gasteiger partial charge >= 0.3 is 0 Å². The number of hydrogen-bond acceptors (Lipinski definition) is 4. The Morgan fingerprint density at radius 1 is 1.12 bits per heavy atom. The molecule has 0 spiro atoms. The quantitative estimate of drug-likeness (QED) is 0.595. The van der Waals surface area contributed by atoms with E-state index in [9.17, 15) is 4.79 Å². The number of carbonyl (C=O) groups excluding carboxylic acids is 1. The van der Waals surface area contributed by atoms with Crippen LogP contribution in [0.15, 0.2) is 59.5 Å². The number of fused-ring (bicyclic) bond motifs is 1. The molecule has 0 aromatic heterocycles. The lowest BCUT2D eigenvalue weighted by Crippen LogP contribution is -2.33. The van der Waals surface area contributed by atoms with Crippen molar-refractivity contribution in [1.29, 1.82) is 0 Å². The second-order valence-electron chi connectivity index (χ2n) is 5.67. The van der Waals surface area contributed by atoms with Crippen LogP contribution in [0.2, 0.25) is 0 Å². The standard InChI is InChI=1S/C18H16N2OS3/c1-23-14-9-7-12(8-10-14)17-20-15(11-24-17)16(21)19(18(20)22)13-5-3-2-4-6-13/h2-10,15,17H,11H2,1H3/t15-,17?/m0/s1. The van der Waals surface area contributed by atoms with E-state index >= 15 is 0 Å². The van der Waals surface area contributed by atoms with Crippen molar-refractivity contribution in [3.8, 4) is 0 Å². The third-order valence-corrected chi connectivity index (χ3v) is 6.79. The van der Waals surface area contributed by atoms with Gasteiger partial charge in [-0.3, -0.25) is 9.69 Å². The highest BCUT2D eigenvalue weighted by atomic mass is 32.2. The summed E-state index contributed by atoms with van der Waals surface area (Å²) < 4.78 is 0. The molecule has 0 N–H and O–H groups in total. The number of amides is 1. The lowest BCUT2D eigenvalue weighted by molar-refractivity contribution is -0.119. The minimum atomic E-state index is -0.159. The minimum absolute atomic E-state index is 0.0851. The molecule has 122 valence electrons. The van der Waals surface area contributed by atoms with Crippen LogP contribution in [0.4, 0.5) is 5.69 Å². The zero-order valence-corrected chi connectivity index (χ0v) is 15.5. The number of para-hydroxylation sites is 1. The zero-order valence-electron chi connectivity index (χ0n) is 13.1. The molecule has 24 heavy (non-hydrogen) atoms. The molecular formula is C18H16N2OS3. The van der Waals surface area contributed by atoms with E-state index in [1.54, 1.807) is 28.4 Å². The van der Waals surface area contributed by atoms with Crippen LogP contribution in [0.5, 0.6) is 0 Å². The highest BCUT2D eigenvalue weighted by Gasteiger charge is 2.50. The van der Waals surface area contributed by atoms with Gasteiger partial charge in [0.05, 0.1) is 5.69 Å². The van der Waals surface area contributed by atoms with Gasteiger partial charge < -0.3 is 4.90 Å². The molecular weight excluding hydrogens is 356 g/mol. The van der Waals surface area contributed by atoms with Crippen molar-refractivity contribution in [2.75, 3.05) is 16.9 Å². The van der Waals surface area contributed by atoms with E-state index < -0.39 is 0 Å². The average molecular weight is 373 g/mol. The first kappa shape index (κ1) is 16.0. The molecule has 2 heterocycles. The highest BCUT2D eigenvalue weighted by Crippen LogP contribution is 2.46. The summed E-state index contributed by atoms with van der Waals surface area (Å²) in [5, 5.41) is 0.719. The Balaban J connectivity index is 1.65. The van der Waals surface area contributed by atoms with Gasteiger partial charge in [0.1, 0.15) is 11.4 Å². The largest absolute Gasteiger partial charge is 0.319 e. The third-order valence-electron chi connectivity index (χ3n) is 4.33. The third kappa shape index (κ3) is 2.53. The van der Waals surface area contributed by atoms with Crippen molar-refractivity contribution in [3.63, 3.8) is 0 Å². The Morgan fingerprint density at radius 2 is 1.83 bits per heavy atom. The van der Waals surface area contributed by atoms with Gasteiger partial charge in [0.25, 0.3) is 5.91 Å². The average Bonchev–Trinajstić information content (AvgIpc) is 3.17. The van der Waals surface area contributed by atoms with E-state index in [0.29, 0.717) is 5.11 Å². The van der Waals surface area contributed by atoms with Crippen LogP contribution in [0, 0.1) is 0 Å². The van der Waals surface area contributed by atoms with Gasteiger partial charge in [-0.1, -0.05) is 30.3 Å². The number of nitrogens with zero attached hydrogens (tertiary/aromatic N) is 2. The van der Waals surface area contributed by atoms with Crippen LogP contribution in [0.1, 0.15) is 10.9 Å². The summed E-state index contributed by atoms with van der Waals surface area (Å²) in [4.78, 5) is 17.9. The maximum atomic E-state index is 12.9. The van der Waals surface area contributed by atoms with Gasteiger partial charge in [0.2, 0.25) is 0 Å². The number of thiocarbonyl (C=S) groups is 1. The molecule has 4 rings (SSSR count). The summed E-state index contributed by atoms with van der Waals surface area (Å²) in [6, 6.07) is 18.1. The number of thioether (sulfide) groups is 2. The summed E-state index contributed by atoms with van der Waals surface area (Å²) in [5.41, 5.74) is 2.05. The van der Waals surface area contributed by atoms with Crippen LogP contribution in [0.25, 0.3) is 0 Å². The molecule has 2 aromatic carbocycles. The van der Waals surface area contributed by atoms with E-state index in [0.717, 1.165) is 11.4 Å². The molecule has 2 saturated heterocycles. The van der Waals surface area contributed by atoms with E-state index in [4.69, 9.17) is 12.2 Å². The smallest absolute Gasteiger partial charge is 0.257 e. The van der Waals surface area contributed by atoms with Gasteiger partial charge in [0, 0.05) is 10.6 Å². The van der Waals surface area contributed by atoms with E-state index in [-0.39, 0.29) is 17.3 Å². The molecule has 0 radical (unpaired) electrons. The topological polar surface area (TPSA) is 23.6 Å². The fraction of sp³-hybridized carbons (Fsp3) is 0.222. The number of hydrogen-bond donors (Lipinski definition) is 0. The monoisotopic (exact) mass is 372 g/mol. The Bertz CT molecular complexity index is 779. The van der Waals surface area contributed by atoms with Gasteiger partial charge in [-0.05, 0) is 48.3 Å². The van der Waals surface area contributed by atoms with Gasteiger partial charge in [-0.25, -0.2) is 0 Å². The molecule has 2 aliphatic rings. The van der Waals surface area contributed by atoms with Crippen molar-refractivity contribution in [1.82, 2.24) is 4.90 Å². The lowest BCUT2D eigenvalue weighted by Gasteiger charge is -2.25. The molecule has 3 nitrogen and oxygen atoms in total. The van der Waals surface area contributed by atoms with Crippen LogP contribution in [0.3, 0.4) is 0 Å². The van der Waals surface area contributed by atoms with Crippen LogP contribution in [-0.4, -0.2) is 34.0 Å². The van der Waals surface area contributed by atoms with E-state index in [1.165, 1.54) is 10.5 Å². The maximum Gasteiger partial charge on any atom is 0.257 e. The second kappa shape index (κ2) is 6.43. The summed E-state index contributed by atoms with van der Waals surface area (Å²) in [6.07, 6.45) is 2.07. The summed E-state index contributed by atoms with van der Waals surface area (Å²) in [5.74, 6) is 0.860. The second-order valence-corrected chi connectivity index (χ2v) is 8.03. The highest BCUT2D eigenvalue weighted by molar-refractivity contribution is 8.00. The Kier molecular flexibility index (Phi) is 4.28. The van der Waals surface area contributed by atoms with Crippen molar-refractivity contribution in [3.05, 3.63) is 60.2 Å². The summed E-state index contributed by atoms with van der Waals surface area (Å²) in [7, 11) is 0. The van der Waals surface area contributed by atoms with Crippen molar-refractivity contribution in [2.24, 2.45) is 0 Å². The number of benzene rings is 2. The van der Waals surface area contributed by atoms with Crippen LogP contribution < -0.4 is 4.90 Å². The van der Waals surface area contributed by atoms with Gasteiger partial charge in [-0.2, -0.15) is 0 Å². The summed E-state index contributed by atoms with van der Waals surface area (Å²) in [6.45, 7) is 0. The van der Waals surface area contributed by atoms with Crippen LogP contribution >= 0.6 is 35.7 Å². The van der Waals surface area contributed by atoms with E-state index in [1.807, 2.05) is 30.3 Å². The molecule has 1 amide bonds. The molecule has 2 fully saturated rings. The lowest BCUT2D eigenvalue weighted by atomic mass is 10.2. The molecule has 0 saturated carbocycles. The fourth-order valence-corrected chi connectivity index (χ4v) is 5.46. The zero-order chi connectivity index (χ0) is 16.7. The summed E-state index contributed by atoms with van der Waals surface area (Å²) >= 11 is 9.20. The SMILES string of the molecule is CSc1ccc(C2SC[C@H]3C(=O)N(c4ccccc4)C(=S)N23)cc1. The normalized spacial score (nSPS) is 23.0. The molecule has 6 heteroatoms. The van der Waals surface area contributed by atoms with Crippen LogP contribution in [-0.2, 0) is 4.79 Å². The maximum absolute atomic E-state index is 12.9. The van der Waals surface area contributed by atoms with Gasteiger partial charge in [0.15, 0.2) is 5.11 Å². The molecule has 0 bridgehead atoms. The Morgan fingerprint density at radius 3 is 2.50 bits per heavy atom. The first-order chi connectivity index (χ1) is 11.7. The molecule has 2 aliphatic heterocycles. The number of rotatable bonds is 3. The minimum Gasteiger partial charge on any atom is -0.319 e. The Hall–Kier alpha value is -1.50. The van der Waals surface area contributed by atoms with E-state index in [2.05, 4.69) is 35.4 Å². The predicted molar refractivity (Wildman–Crippen MR) is 106 cm³/mol. The number of anilines is 1.